The van der Waals surface area contributed by atoms with Gasteiger partial charge in [-0.2, -0.15) is 0 Å². The molecular weight excluding hydrogens is 404 g/mol. The largest absolute Gasteiger partial charge is 0.493 e. The highest BCUT2D eigenvalue weighted by Crippen LogP contribution is 2.28. The van der Waals surface area contributed by atoms with E-state index in [2.05, 4.69) is 0 Å². The fraction of sp³-hybridized carbons (Fsp3) is 0.222. The number of carbonyl (C=O) groups excluding carboxylic acids is 1. The predicted molar refractivity (Wildman–Crippen MR) is 126 cm³/mol. The topological polar surface area (TPSA) is 54.0 Å². The Morgan fingerprint density at radius 1 is 0.781 bits per heavy atom. The van der Waals surface area contributed by atoms with Crippen LogP contribution in [0.25, 0.3) is 6.08 Å². The van der Waals surface area contributed by atoms with Gasteiger partial charge in [0.2, 0.25) is 0 Å². The van der Waals surface area contributed by atoms with Gasteiger partial charge in [-0.05, 0) is 48.9 Å². The molecule has 3 aromatic carbocycles. The summed E-state index contributed by atoms with van der Waals surface area (Å²) < 4.78 is 22.4. The summed E-state index contributed by atoms with van der Waals surface area (Å²) in [4.78, 5) is 12.4. The first kappa shape index (κ1) is 23.1. The second-order valence-electron chi connectivity index (χ2n) is 6.94. The van der Waals surface area contributed by atoms with E-state index in [1.165, 1.54) is 0 Å². The van der Waals surface area contributed by atoms with Crippen LogP contribution in [0.5, 0.6) is 17.2 Å². The lowest BCUT2D eigenvalue weighted by molar-refractivity contribution is 0.0757. The van der Waals surface area contributed by atoms with Gasteiger partial charge in [0, 0.05) is 11.1 Å². The second kappa shape index (κ2) is 12.3. The average molecular weight is 433 g/mol. The third-order valence-corrected chi connectivity index (χ3v) is 4.68. The van der Waals surface area contributed by atoms with Gasteiger partial charge in [0.05, 0.1) is 20.3 Å². The van der Waals surface area contributed by atoms with Crippen LogP contribution in [0.1, 0.15) is 28.4 Å². The minimum atomic E-state index is -0.00594. The smallest absolute Gasteiger partial charge is 0.193 e. The molecule has 0 amide bonds. The van der Waals surface area contributed by atoms with Crippen LogP contribution in [0.2, 0.25) is 0 Å². The number of hydrogen-bond acceptors (Lipinski definition) is 5. The van der Waals surface area contributed by atoms with Crippen LogP contribution in [0.4, 0.5) is 0 Å². The fourth-order valence-corrected chi connectivity index (χ4v) is 3.09. The van der Waals surface area contributed by atoms with E-state index in [0.29, 0.717) is 54.8 Å². The van der Waals surface area contributed by atoms with Crippen LogP contribution in [0, 0.1) is 0 Å². The monoisotopic (exact) mass is 432 g/mol. The van der Waals surface area contributed by atoms with E-state index in [4.69, 9.17) is 18.9 Å². The van der Waals surface area contributed by atoms with E-state index in [1.54, 1.807) is 31.4 Å². The van der Waals surface area contributed by atoms with Crippen molar-refractivity contribution in [2.45, 2.75) is 6.92 Å². The SMILES string of the molecule is C/C=C/c1ccc(OCCOCCOc2ccc(C(=O)c3ccccc3)cc2)c(OC)c1. The summed E-state index contributed by atoms with van der Waals surface area (Å²) in [7, 11) is 1.62. The van der Waals surface area contributed by atoms with Crippen molar-refractivity contribution in [1.82, 2.24) is 0 Å². The molecule has 166 valence electrons. The summed E-state index contributed by atoms with van der Waals surface area (Å²) in [5.41, 5.74) is 2.36. The maximum atomic E-state index is 12.4. The summed E-state index contributed by atoms with van der Waals surface area (Å²) in [5, 5.41) is 0. The van der Waals surface area contributed by atoms with Crippen molar-refractivity contribution in [3.63, 3.8) is 0 Å². The molecule has 32 heavy (non-hydrogen) atoms. The summed E-state index contributed by atoms with van der Waals surface area (Å²) >= 11 is 0. The standard InChI is InChI=1S/C27H28O5/c1-3-7-21-10-15-25(26(20-21)29-2)32-19-17-30-16-18-31-24-13-11-23(12-14-24)27(28)22-8-5-4-6-9-22/h3-15,20H,16-19H2,1-2H3/b7-3+. The molecule has 5 heteroatoms. The van der Waals surface area contributed by atoms with Crippen molar-refractivity contribution < 1.29 is 23.7 Å². The number of carbonyl (C=O) groups is 1. The normalized spacial score (nSPS) is 10.8. The highest BCUT2D eigenvalue weighted by Gasteiger charge is 2.08. The van der Waals surface area contributed by atoms with Crippen molar-refractivity contribution in [1.29, 1.82) is 0 Å². The van der Waals surface area contributed by atoms with Crippen LogP contribution in [0.3, 0.4) is 0 Å². The first-order valence-electron chi connectivity index (χ1n) is 10.5. The summed E-state index contributed by atoms with van der Waals surface area (Å²) in [6.45, 7) is 3.67. The lowest BCUT2D eigenvalue weighted by Gasteiger charge is -2.12. The Kier molecular flexibility index (Phi) is 8.90. The van der Waals surface area contributed by atoms with Crippen LogP contribution in [0.15, 0.2) is 78.9 Å². The molecule has 0 aromatic heterocycles. The van der Waals surface area contributed by atoms with Gasteiger partial charge >= 0.3 is 0 Å². The Hall–Kier alpha value is -3.57. The number of ether oxygens (including phenoxy) is 4. The molecule has 5 nitrogen and oxygen atoms in total. The number of hydrogen-bond donors (Lipinski definition) is 0. The van der Waals surface area contributed by atoms with Crippen molar-refractivity contribution >= 4 is 11.9 Å². The first-order chi connectivity index (χ1) is 15.7. The summed E-state index contributed by atoms with van der Waals surface area (Å²) in [6.07, 6.45) is 3.98. The lowest BCUT2D eigenvalue weighted by atomic mass is 10.0. The minimum Gasteiger partial charge on any atom is -0.493 e. The zero-order valence-electron chi connectivity index (χ0n) is 18.5. The molecular formula is C27H28O5. The molecule has 0 aliphatic carbocycles. The lowest BCUT2D eigenvalue weighted by Crippen LogP contribution is -2.12. The molecule has 0 atom stereocenters. The Morgan fingerprint density at radius 2 is 1.47 bits per heavy atom. The van der Waals surface area contributed by atoms with Gasteiger partial charge in [0.1, 0.15) is 19.0 Å². The zero-order chi connectivity index (χ0) is 22.6. The van der Waals surface area contributed by atoms with Gasteiger partial charge in [0.25, 0.3) is 0 Å². The van der Waals surface area contributed by atoms with Gasteiger partial charge in [-0.3, -0.25) is 4.79 Å². The number of allylic oxidation sites excluding steroid dienone is 1. The molecule has 0 unspecified atom stereocenters. The molecule has 3 aromatic rings. The quantitative estimate of drug-likeness (QED) is 0.282. The number of ketones is 1. The van der Waals surface area contributed by atoms with Crippen LogP contribution < -0.4 is 14.2 Å². The average Bonchev–Trinajstić information content (AvgIpc) is 2.84. The van der Waals surface area contributed by atoms with Crippen LogP contribution >= 0.6 is 0 Å². The highest BCUT2D eigenvalue weighted by atomic mass is 16.6. The number of benzene rings is 3. The van der Waals surface area contributed by atoms with Crippen molar-refractivity contribution in [3.05, 3.63) is 95.6 Å². The first-order valence-corrected chi connectivity index (χ1v) is 10.5. The summed E-state index contributed by atoms with van der Waals surface area (Å²) in [5.74, 6) is 2.07. The summed E-state index contributed by atoms with van der Waals surface area (Å²) in [6, 6.07) is 22.2. The number of methoxy groups -OCH3 is 1. The van der Waals surface area contributed by atoms with Crippen LogP contribution in [-0.4, -0.2) is 39.3 Å². The van der Waals surface area contributed by atoms with E-state index in [-0.39, 0.29) is 5.78 Å². The second-order valence-corrected chi connectivity index (χ2v) is 6.94. The molecule has 3 rings (SSSR count). The molecule has 0 bridgehead atoms. The van der Waals surface area contributed by atoms with Crippen molar-refractivity contribution in [2.75, 3.05) is 33.5 Å². The van der Waals surface area contributed by atoms with E-state index >= 15 is 0 Å². The Labute approximate surface area is 189 Å². The maximum Gasteiger partial charge on any atom is 0.193 e. The molecule has 0 aliphatic heterocycles. The third-order valence-electron chi connectivity index (χ3n) is 4.68. The Morgan fingerprint density at radius 3 is 2.16 bits per heavy atom. The van der Waals surface area contributed by atoms with E-state index in [0.717, 1.165) is 5.56 Å². The zero-order valence-corrected chi connectivity index (χ0v) is 18.5. The molecule has 0 radical (unpaired) electrons. The van der Waals surface area contributed by atoms with Gasteiger partial charge in [0.15, 0.2) is 17.3 Å². The predicted octanol–water partition coefficient (Wildman–Crippen LogP) is 5.43. The number of rotatable bonds is 12. The Bertz CT molecular complexity index is 1010. The van der Waals surface area contributed by atoms with E-state index in [1.807, 2.05) is 67.6 Å². The molecule has 0 spiro atoms. The molecule has 0 N–H and O–H groups in total. The highest BCUT2D eigenvalue weighted by molar-refractivity contribution is 6.08. The Balaban J connectivity index is 1.35. The van der Waals surface area contributed by atoms with Gasteiger partial charge in [-0.25, -0.2) is 0 Å². The van der Waals surface area contributed by atoms with E-state index < -0.39 is 0 Å². The van der Waals surface area contributed by atoms with E-state index in [9.17, 15) is 4.79 Å². The molecule has 0 aliphatic rings. The molecule has 0 saturated heterocycles. The van der Waals surface area contributed by atoms with Gasteiger partial charge in [-0.1, -0.05) is 48.6 Å². The molecule has 0 heterocycles. The third kappa shape index (κ3) is 6.72. The minimum absolute atomic E-state index is 0.00594. The van der Waals surface area contributed by atoms with Gasteiger partial charge < -0.3 is 18.9 Å². The maximum absolute atomic E-state index is 12.4. The molecule has 0 fully saturated rings. The van der Waals surface area contributed by atoms with Crippen LogP contribution in [-0.2, 0) is 4.74 Å². The molecule has 0 saturated carbocycles. The van der Waals surface area contributed by atoms with Crippen molar-refractivity contribution in [3.8, 4) is 17.2 Å². The fourth-order valence-electron chi connectivity index (χ4n) is 3.09. The van der Waals surface area contributed by atoms with Crippen molar-refractivity contribution in [2.24, 2.45) is 0 Å². The van der Waals surface area contributed by atoms with Gasteiger partial charge in [-0.15, -0.1) is 0 Å².